The van der Waals surface area contributed by atoms with Gasteiger partial charge in [-0.25, -0.2) is 0 Å². The van der Waals surface area contributed by atoms with Crippen molar-refractivity contribution in [1.29, 1.82) is 0 Å². The van der Waals surface area contributed by atoms with Crippen molar-refractivity contribution >= 4 is 0 Å². The van der Waals surface area contributed by atoms with E-state index in [1.54, 1.807) is 0 Å². The first-order valence-corrected chi connectivity index (χ1v) is 6.41. The molecule has 0 bridgehead atoms. The first-order valence-electron chi connectivity index (χ1n) is 6.41. The number of hydrogen-bond donors (Lipinski definition) is 1. The van der Waals surface area contributed by atoms with Gasteiger partial charge in [-0.1, -0.05) is 25.3 Å². The minimum absolute atomic E-state index is 0.551. The van der Waals surface area contributed by atoms with Gasteiger partial charge in [-0.3, -0.25) is 0 Å². The van der Waals surface area contributed by atoms with Crippen molar-refractivity contribution in [3.63, 3.8) is 0 Å². The first kappa shape index (κ1) is 11.5. The van der Waals surface area contributed by atoms with Crippen molar-refractivity contribution in [2.24, 2.45) is 0 Å². The van der Waals surface area contributed by atoms with Gasteiger partial charge in [0.1, 0.15) is 5.75 Å². The van der Waals surface area contributed by atoms with E-state index in [-0.39, 0.29) is 0 Å². The largest absolute Gasteiger partial charge is 0.507 e. The van der Waals surface area contributed by atoms with Crippen molar-refractivity contribution in [1.82, 2.24) is 0 Å². The highest BCUT2D eigenvalue weighted by atomic mass is 16.3. The van der Waals surface area contributed by atoms with Crippen LogP contribution in [0.3, 0.4) is 0 Å². The van der Waals surface area contributed by atoms with Gasteiger partial charge in [-0.15, -0.1) is 0 Å². The van der Waals surface area contributed by atoms with Crippen LogP contribution in [0.25, 0.3) is 0 Å². The first-order chi connectivity index (χ1) is 7.61. The molecule has 0 unspecified atom stereocenters. The van der Waals surface area contributed by atoms with Gasteiger partial charge in [0.25, 0.3) is 0 Å². The Balaban J connectivity index is 2.45. The quantitative estimate of drug-likeness (QED) is 0.742. The Labute approximate surface area is 98.5 Å². The third-order valence-electron chi connectivity index (χ3n) is 4.07. The minimum Gasteiger partial charge on any atom is -0.507 e. The number of aromatic hydroxyl groups is 1. The lowest BCUT2D eigenvalue weighted by Crippen LogP contribution is -2.08. The zero-order chi connectivity index (χ0) is 11.7. The average Bonchev–Trinajstić information content (AvgIpc) is 2.28. The van der Waals surface area contributed by atoms with Gasteiger partial charge in [-0.05, 0) is 56.2 Å². The summed E-state index contributed by atoms with van der Waals surface area (Å²) in [5, 5.41) is 10.3. The number of phenols is 1. The number of rotatable bonds is 1. The monoisotopic (exact) mass is 218 g/mol. The molecular formula is C15H22O. The number of benzene rings is 1. The molecule has 2 rings (SSSR count). The lowest BCUT2D eigenvalue weighted by molar-refractivity contribution is 0.411. The molecule has 1 N–H and O–H groups in total. The molecular weight excluding hydrogens is 196 g/mol. The molecule has 0 radical (unpaired) electrons. The lowest BCUT2D eigenvalue weighted by Gasteiger charge is -2.26. The van der Waals surface area contributed by atoms with Crippen molar-refractivity contribution in [3.8, 4) is 5.75 Å². The topological polar surface area (TPSA) is 20.2 Å². The Bertz CT molecular complexity index is 361. The highest BCUT2D eigenvalue weighted by Gasteiger charge is 2.22. The Hall–Kier alpha value is -0.980. The highest BCUT2D eigenvalue weighted by molar-refractivity contribution is 5.50. The molecule has 0 atom stereocenters. The molecule has 1 aromatic rings. The minimum atomic E-state index is 0.551. The smallest absolute Gasteiger partial charge is 0.122 e. The number of aryl methyl sites for hydroxylation is 2. The van der Waals surface area contributed by atoms with Gasteiger partial charge in [0.15, 0.2) is 0 Å². The standard InChI is InChI=1S/C15H22O/c1-10-9-11(2)15(16)14(12(10)3)13-7-5-4-6-8-13/h9,13,16H,4-8H2,1-3H3. The van der Waals surface area contributed by atoms with E-state index in [0.29, 0.717) is 11.7 Å². The van der Waals surface area contributed by atoms with E-state index in [1.165, 1.54) is 48.8 Å². The third kappa shape index (κ3) is 1.95. The second-order valence-corrected chi connectivity index (χ2v) is 5.23. The van der Waals surface area contributed by atoms with E-state index in [2.05, 4.69) is 19.9 Å². The van der Waals surface area contributed by atoms with Crippen LogP contribution < -0.4 is 0 Å². The van der Waals surface area contributed by atoms with Gasteiger partial charge < -0.3 is 5.11 Å². The fourth-order valence-corrected chi connectivity index (χ4v) is 2.99. The molecule has 0 aliphatic heterocycles. The van der Waals surface area contributed by atoms with Crippen LogP contribution in [0.2, 0.25) is 0 Å². The van der Waals surface area contributed by atoms with Gasteiger partial charge in [0, 0.05) is 5.56 Å². The summed E-state index contributed by atoms with van der Waals surface area (Å²) in [5.41, 5.74) is 4.88. The van der Waals surface area contributed by atoms with Crippen LogP contribution in [0.4, 0.5) is 0 Å². The average molecular weight is 218 g/mol. The van der Waals surface area contributed by atoms with E-state index >= 15 is 0 Å². The van der Waals surface area contributed by atoms with Crippen LogP contribution in [0.1, 0.15) is 60.3 Å². The molecule has 1 saturated carbocycles. The second-order valence-electron chi connectivity index (χ2n) is 5.23. The van der Waals surface area contributed by atoms with E-state index in [4.69, 9.17) is 0 Å². The lowest BCUT2D eigenvalue weighted by atomic mass is 9.80. The van der Waals surface area contributed by atoms with Crippen LogP contribution in [-0.4, -0.2) is 5.11 Å². The van der Waals surface area contributed by atoms with Crippen LogP contribution in [-0.2, 0) is 0 Å². The summed E-state index contributed by atoms with van der Waals surface area (Å²) in [6, 6.07) is 2.09. The Morgan fingerprint density at radius 2 is 1.62 bits per heavy atom. The summed E-state index contributed by atoms with van der Waals surface area (Å²) < 4.78 is 0. The summed E-state index contributed by atoms with van der Waals surface area (Å²) in [6.45, 7) is 6.31. The Morgan fingerprint density at radius 3 is 2.25 bits per heavy atom. The summed E-state index contributed by atoms with van der Waals surface area (Å²) in [6.07, 6.45) is 6.49. The summed E-state index contributed by atoms with van der Waals surface area (Å²) in [4.78, 5) is 0. The van der Waals surface area contributed by atoms with Crippen LogP contribution in [0, 0.1) is 20.8 Å². The predicted octanol–water partition coefficient (Wildman–Crippen LogP) is 4.37. The summed E-state index contributed by atoms with van der Waals surface area (Å²) in [7, 11) is 0. The molecule has 16 heavy (non-hydrogen) atoms. The van der Waals surface area contributed by atoms with Gasteiger partial charge in [0.05, 0.1) is 0 Å². The zero-order valence-electron chi connectivity index (χ0n) is 10.6. The maximum atomic E-state index is 10.3. The summed E-state index contributed by atoms with van der Waals surface area (Å²) >= 11 is 0. The highest BCUT2D eigenvalue weighted by Crippen LogP contribution is 2.41. The molecule has 0 aromatic heterocycles. The van der Waals surface area contributed by atoms with E-state index in [9.17, 15) is 5.11 Å². The van der Waals surface area contributed by atoms with Gasteiger partial charge in [-0.2, -0.15) is 0 Å². The summed E-state index contributed by atoms with van der Waals surface area (Å²) in [5.74, 6) is 1.14. The van der Waals surface area contributed by atoms with Crippen molar-refractivity contribution in [2.45, 2.75) is 58.8 Å². The normalized spacial score (nSPS) is 17.7. The molecule has 1 heteroatoms. The van der Waals surface area contributed by atoms with Gasteiger partial charge >= 0.3 is 0 Å². The van der Waals surface area contributed by atoms with Crippen LogP contribution >= 0.6 is 0 Å². The van der Waals surface area contributed by atoms with E-state index < -0.39 is 0 Å². The van der Waals surface area contributed by atoms with Crippen molar-refractivity contribution < 1.29 is 5.11 Å². The molecule has 1 aliphatic rings. The fraction of sp³-hybridized carbons (Fsp3) is 0.600. The van der Waals surface area contributed by atoms with Gasteiger partial charge in [0.2, 0.25) is 0 Å². The molecule has 0 saturated heterocycles. The maximum absolute atomic E-state index is 10.3. The molecule has 0 heterocycles. The molecule has 1 aromatic carbocycles. The van der Waals surface area contributed by atoms with E-state index in [0.717, 1.165) is 5.56 Å². The number of hydrogen-bond acceptors (Lipinski definition) is 1. The molecule has 1 nitrogen and oxygen atoms in total. The Kier molecular flexibility index (Phi) is 3.22. The molecule has 1 aliphatic carbocycles. The maximum Gasteiger partial charge on any atom is 0.122 e. The molecule has 0 spiro atoms. The van der Waals surface area contributed by atoms with Crippen molar-refractivity contribution in [2.75, 3.05) is 0 Å². The van der Waals surface area contributed by atoms with Crippen molar-refractivity contribution in [3.05, 3.63) is 28.3 Å². The number of phenolic OH excluding ortho intramolecular Hbond substituents is 1. The van der Waals surface area contributed by atoms with Crippen LogP contribution in [0.15, 0.2) is 6.07 Å². The zero-order valence-corrected chi connectivity index (χ0v) is 10.6. The molecule has 0 amide bonds. The second kappa shape index (κ2) is 4.48. The fourth-order valence-electron chi connectivity index (χ4n) is 2.99. The third-order valence-corrected chi connectivity index (χ3v) is 4.07. The SMILES string of the molecule is Cc1cc(C)c(O)c(C2CCCCC2)c1C. The predicted molar refractivity (Wildman–Crippen MR) is 68.1 cm³/mol. The molecule has 1 fully saturated rings. The van der Waals surface area contributed by atoms with E-state index in [1.807, 2.05) is 6.92 Å². The van der Waals surface area contributed by atoms with Crippen LogP contribution in [0.5, 0.6) is 5.75 Å². The molecule has 88 valence electrons. The Morgan fingerprint density at radius 1 is 1.00 bits per heavy atom.